The number of aryl methyl sites for hydroxylation is 1. The summed E-state index contributed by atoms with van der Waals surface area (Å²) in [5, 5.41) is 6.70. The van der Waals surface area contributed by atoms with Crippen molar-refractivity contribution in [3.63, 3.8) is 0 Å². The summed E-state index contributed by atoms with van der Waals surface area (Å²) in [5.41, 5.74) is 1.66. The van der Waals surface area contributed by atoms with Gasteiger partial charge in [0, 0.05) is 32.4 Å². The average Bonchev–Trinajstić information content (AvgIpc) is 2.58. The summed E-state index contributed by atoms with van der Waals surface area (Å²) >= 11 is 0. The smallest absolute Gasteiger partial charge is 0.410 e. The molecular weight excluding hydrogens is 330 g/mol. The lowest BCUT2D eigenvalue weighted by Crippen LogP contribution is -2.53. The third kappa shape index (κ3) is 6.20. The lowest BCUT2D eigenvalue weighted by Gasteiger charge is -2.35. The minimum absolute atomic E-state index is 0.146. The number of hydrogen-bond acceptors (Lipinski definition) is 4. The van der Waals surface area contributed by atoms with Gasteiger partial charge in [0.05, 0.1) is 12.2 Å². The number of nitrogens with one attached hydrogen (secondary N) is 2. The number of piperidine rings is 1. The van der Waals surface area contributed by atoms with Crippen LogP contribution in [0.1, 0.15) is 44.9 Å². The van der Waals surface area contributed by atoms with Gasteiger partial charge in [-0.2, -0.15) is 0 Å². The van der Waals surface area contributed by atoms with E-state index in [4.69, 9.17) is 4.74 Å². The molecule has 1 unspecified atom stereocenters. The van der Waals surface area contributed by atoms with Gasteiger partial charge < -0.3 is 20.3 Å². The highest BCUT2D eigenvalue weighted by molar-refractivity contribution is 5.80. The topological polar surface area (TPSA) is 78.9 Å². The van der Waals surface area contributed by atoms with Crippen molar-refractivity contribution in [3.8, 4) is 0 Å². The summed E-state index contributed by atoms with van der Waals surface area (Å²) in [6.45, 7) is 9.64. The van der Waals surface area contributed by atoms with Crippen LogP contribution in [0.3, 0.4) is 0 Å². The van der Waals surface area contributed by atoms with Crippen LogP contribution in [0.25, 0.3) is 0 Å². The number of hydrogen-bond donors (Lipinski definition) is 2. The van der Waals surface area contributed by atoms with Gasteiger partial charge in [-0.05, 0) is 52.2 Å². The van der Waals surface area contributed by atoms with E-state index in [2.05, 4.69) is 20.6 Å². The second-order valence-electron chi connectivity index (χ2n) is 7.60. The van der Waals surface area contributed by atoms with Gasteiger partial charge in [-0.25, -0.2) is 4.79 Å². The van der Waals surface area contributed by atoms with Crippen molar-refractivity contribution in [2.45, 2.75) is 58.7 Å². The first-order valence-electron chi connectivity index (χ1n) is 9.14. The van der Waals surface area contributed by atoms with Crippen LogP contribution in [0.5, 0.6) is 0 Å². The van der Waals surface area contributed by atoms with Gasteiger partial charge in [0.2, 0.25) is 0 Å². The Morgan fingerprint density at radius 3 is 2.88 bits per heavy atom. The van der Waals surface area contributed by atoms with Crippen molar-refractivity contribution in [3.05, 3.63) is 29.6 Å². The summed E-state index contributed by atoms with van der Waals surface area (Å²) in [6.07, 6.45) is 3.46. The van der Waals surface area contributed by atoms with E-state index in [1.54, 1.807) is 18.1 Å². The maximum absolute atomic E-state index is 12.3. The molecule has 144 valence electrons. The number of aromatic nitrogens is 1. The van der Waals surface area contributed by atoms with E-state index >= 15 is 0 Å². The molecule has 7 heteroatoms. The number of ether oxygens (including phenoxy) is 1. The number of guanidine groups is 1. The van der Waals surface area contributed by atoms with Crippen LogP contribution in [-0.4, -0.2) is 53.7 Å². The summed E-state index contributed by atoms with van der Waals surface area (Å²) in [6, 6.07) is 4.12. The predicted octanol–water partition coefficient (Wildman–Crippen LogP) is 2.45. The molecule has 2 N–H and O–H groups in total. The highest BCUT2D eigenvalue weighted by Crippen LogP contribution is 2.15. The minimum Gasteiger partial charge on any atom is -0.444 e. The molecule has 1 aliphatic rings. The lowest BCUT2D eigenvalue weighted by atomic mass is 10.1. The molecule has 1 aromatic heterocycles. The largest absolute Gasteiger partial charge is 0.444 e. The van der Waals surface area contributed by atoms with Crippen molar-refractivity contribution in [2.24, 2.45) is 4.99 Å². The highest BCUT2D eigenvalue weighted by atomic mass is 16.6. The number of amides is 1. The molecule has 7 nitrogen and oxygen atoms in total. The molecule has 2 rings (SSSR count). The number of likely N-dealkylation sites (tertiary alicyclic amines) is 1. The predicted molar refractivity (Wildman–Crippen MR) is 103 cm³/mol. The fourth-order valence-electron chi connectivity index (χ4n) is 2.85. The molecule has 0 saturated carbocycles. The minimum atomic E-state index is -0.477. The quantitative estimate of drug-likeness (QED) is 0.639. The Bertz CT molecular complexity index is 639. The maximum Gasteiger partial charge on any atom is 0.410 e. The zero-order valence-electron chi connectivity index (χ0n) is 16.5. The summed E-state index contributed by atoms with van der Waals surface area (Å²) in [4.78, 5) is 22.7. The number of carbonyl (C=O) groups excluding carboxylic acids is 1. The molecule has 0 radical (unpaired) electrons. The van der Waals surface area contributed by atoms with Gasteiger partial charge in [-0.15, -0.1) is 0 Å². The molecule has 1 amide bonds. The van der Waals surface area contributed by atoms with Gasteiger partial charge >= 0.3 is 6.09 Å². The zero-order chi connectivity index (χ0) is 19.2. The lowest BCUT2D eigenvalue weighted by molar-refractivity contribution is 0.0193. The van der Waals surface area contributed by atoms with Crippen LogP contribution in [0.15, 0.2) is 23.3 Å². The summed E-state index contributed by atoms with van der Waals surface area (Å²) in [5.74, 6) is 0.714. The Labute approximate surface area is 156 Å². The third-order valence-corrected chi connectivity index (χ3v) is 4.18. The van der Waals surface area contributed by atoms with Crippen LogP contribution >= 0.6 is 0 Å². The SMILES string of the molecule is CN=C(NCc1ncccc1C)NC1CCCN(C(=O)OC(C)(C)C)C1. The highest BCUT2D eigenvalue weighted by Gasteiger charge is 2.28. The van der Waals surface area contributed by atoms with E-state index in [1.165, 1.54) is 0 Å². The molecule has 0 aliphatic carbocycles. The molecule has 1 aromatic rings. The van der Waals surface area contributed by atoms with Crippen LogP contribution in [0.2, 0.25) is 0 Å². The van der Waals surface area contributed by atoms with Gasteiger partial charge in [0.15, 0.2) is 5.96 Å². The fourth-order valence-corrected chi connectivity index (χ4v) is 2.85. The Morgan fingerprint density at radius 2 is 2.23 bits per heavy atom. The molecule has 1 saturated heterocycles. The van der Waals surface area contributed by atoms with Crippen molar-refractivity contribution < 1.29 is 9.53 Å². The monoisotopic (exact) mass is 361 g/mol. The molecule has 0 spiro atoms. The molecule has 1 atom stereocenters. The normalized spacial score (nSPS) is 18.4. The van der Waals surface area contributed by atoms with Gasteiger partial charge in [-0.1, -0.05) is 6.07 Å². The second-order valence-corrected chi connectivity index (χ2v) is 7.60. The number of nitrogens with zero attached hydrogens (tertiary/aromatic N) is 3. The number of carbonyl (C=O) groups is 1. The number of pyridine rings is 1. The third-order valence-electron chi connectivity index (χ3n) is 4.18. The van der Waals surface area contributed by atoms with Gasteiger partial charge in [0.25, 0.3) is 0 Å². The number of rotatable bonds is 3. The molecule has 1 aliphatic heterocycles. The molecule has 0 aromatic carbocycles. The van der Waals surface area contributed by atoms with Crippen LogP contribution < -0.4 is 10.6 Å². The Kier molecular flexibility index (Phi) is 6.83. The van der Waals surface area contributed by atoms with Gasteiger partial charge in [0.1, 0.15) is 5.60 Å². The molecule has 26 heavy (non-hydrogen) atoms. The number of aliphatic imine (C=N–C) groups is 1. The van der Waals surface area contributed by atoms with Crippen molar-refractivity contribution in [1.82, 2.24) is 20.5 Å². The first-order chi connectivity index (χ1) is 12.3. The molecule has 0 bridgehead atoms. The van der Waals surface area contributed by atoms with Crippen molar-refractivity contribution in [1.29, 1.82) is 0 Å². The molecule has 2 heterocycles. The molecule has 1 fully saturated rings. The van der Waals surface area contributed by atoms with Crippen molar-refractivity contribution >= 4 is 12.1 Å². The average molecular weight is 361 g/mol. The van der Waals surface area contributed by atoms with E-state index in [1.807, 2.05) is 39.8 Å². The Balaban J connectivity index is 1.87. The fraction of sp³-hybridized carbons (Fsp3) is 0.632. The second kappa shape index (κ2) is 8.87. The van der Waals surface area contributed by atoms with Crippen molar-refractivity contribution in [2.75, 3.05) is 20.1 Å². The van der Waals surface area contributed by atoms with E-state index < -0.39 is 5.60 Å². The van der Waals surface area contributed by atoms with E-state index in [0.717, 1.165) is 30.6 Å². The zero-order valence-corrected chi connectivity index (χ0v) is 16.5. The summed E-state index contributed by atoms with van der Waals surface area (Å²) < 4.78 is 5.48. The Morgan fingerprint density at radius 1 is 1.46 bits per heavy atom. The van der Waals surface area contributed by atoms with Crippen LogP contribution in [0.4, 0.5) is 4.79 Å². The first-order valence-corrected chi connectivity index (χ1v) is 9.14. The summed E-state index contributed by atoms with van der Waals surface area (Å²) in [7, 11) is 1.75. The van der Waals surface area contributed by atoms with Crippen LogP contribution in [-0.2, 0) is 11.3 Å². The van der Waals surface area contributed by atoms with E-state index in [0.29, 0.717) is 19.0 Å². The Hall–Kier alpha value is -2.31. The van der Waals surface area contributed by atoms with Gasteiger partial charge in [-0.3, -0.25) is 9.98 Å². The first kappa shape index (κ1) is 20.0. The van der Waals surface area contributed by atoms with E-state index in [9.17, 15) is 4.79 Å². The standard InChI is InChI=1S/C19H31N5O2/c1-14-8-6-10-21-16(14)12-22-17(20-5)23-15-9-7-11-24(13-15)18(25)26-19(2,3)4/h6,8,10,15H,7,9,11-13H2,1-5H3,(H2,20,22,23). The maximum atomic E-state index is 12.3. The van der Waals surface area contributed by atoms with Crippen LogP contribution in [0, 0.1) is 6.92 Å². The molecular formula is C19H31N5O2. The van der Waals surface area contributed by atoms with E-state index in [-0.39, 0.29) is 12.1 Å².